The summed E-state index contributed by atoms with van der Waals surface area (Å²) in [6.07, 6.45) is 6.31. The van der Waals surface area contributed by atoms with E-state index in [1.165, 1.54) is 30.7 Å². The molecule has 0 aliphatic carbocycles. The molecule has 2 fully saturated rings. The van der Waals surface area contributed by atoms with E-state index in [0.29, 0.717) is 34.4 Å². The Bertz CT molecular complexity index is 815. The van der Waals surface area contributed by atoms with Crippen LogP contribution in [0, 0.1) is 0 Å². The lowest BCUT2D eigenvalue weighted by atomic mass is 9.95. The Hall–Kier alpha value is -2.41. The van der Waals surface area contributed by atoms with Gasteiger partial charge in [-0.25, -0.2) is 4.98 Å². The third-order valence-corrected chi connectivity index (χ3v) is 5.12. The second kappa shape index (κ2) is 5.59. The number of carbonyl (C=O) groups excluding carboxylic acids is 2. The minimum atomic E-state index is -0.186. The Morgan fingerprint density at radius 1 is 1.42 bits per heavy atom. The van der Waals surface area contributed by atoms with Crippen LogP contribution in [0.3, 0.4) is 0 Å². The molecule has 2 bridgehead atoms. The topological polar surface area (TPSA) is 87.5 Å². The molecule has 2 aromatic heterocycles. The molecule has 0 spiro atoms. The molecule has 0 radical (unpaired) electrons. The fourth-order valence-corrected chi connectivity index (χ4v) is 3.70. The van der Waals surface area contributed by atoms with Crippen molar-refractivity contribution in [2.24, 2.45) is 0 Å². The van der Waals surface area contributed by atoms with E-state index in [2.05, 4.69) is 15.6 Å². The molecular formula is C17H20N4O3. The van der Waals surface area contributed by atoms with Crippen LogP contribution in [-0.2, 0) is 4.79 Å². The zero-order valence-electron chi connectivity index (χ0n) is 13.7. The molecule has 24 heavy (non-hydrogen) atoms. The number of carbonyl (C=O) groups is 2. The molecule has 4 rings (SSSR count). The van der Waals surface area contributed by atoms with Crippen molar-refractivity contribution >= 4 is 28.5 Å². The van der Waals surface area contributed by atoms with Gasteiger partial charge in [-0.3, -0.25) is 9.59 Å². The number of anilines is 1. The number of hydrogen-bond acceptors (Lipinski definition) is 5. The Labute approximate surface area is 139 Å². The molecule has 0 saturated carbocycles. The first-order valence-electron chi connectivity index (χ1n) is 8.21. The van der Waals surface area contributed by atoms with E-state index in [1.807, 2.05) is 0 Å². The van der Waals surface area contributed by atoms with Gasteiger partial charge in [-0.15, -0.1) is 0 Å². The summed E-state index contributed by atoms with van der Waals surface area (Å²) in [4.78, 5) is 29.8. The predicted molar refractivity (Wildman–Crippen MR) is 88.9 cm³/mol. The van der Waals surface area contributed by atoms with Crippen molar-refractivity contribution < 1.29 is 14.0 Å². The number of furan rings is 1. The van der Waals surface area contributed by atoms with Gasteiger partial charge in [0, 0.05) is 37.5 Å². The van der Waals surface area contributed by atoms with Crippen molar-refractivity contribution in [2.45, 2.75) is 44.3 Å². The van der Waals surface area contributed by atoms with E-state index in [4.69, 9.17) is 4.42 Å². The average Bonchev–Trinajstić information content (AvgIpc) is 3.28. The SMILES string of the molecule is CC(=O)N(C)c1coc2cnc(C(=O)N[C@@H]3C[C@H]4CC[C@@H]3N4)cc12. The van der Waals surface area contributed by atoms with Crippen molar-refractivity contribution in [1.29, 1.82) is 0 Å². The standard InChI is InChI=1S/C17H20N4O3/c1-9(22)21(2)15-8-24-16-7-18-14(6-11(15)16)17(23)20-13-5-10-3-4-12(13)19-10/h6-8,10,12-13,19H,3-5H2,1-2H3,(H,20,23)/t10-,12+,13-/m1/s1. The monoisotopic (exact) mass is 328 g/mol. The van der Waals surface area contributed by atoms with Crippen LogP contribution < -0.4 is 15.5 Å². The van der Waals surface area contributed by atoms with Crippen LogP contribution in [0.2, 0.25) is 0 Å². The molecule has 2 N–H and O–H groups in total. The van der Waals surface area contributed by atoms with Gasteiger partial charge in [0.15, 0.2) is 5.58 Å². The molecule has 2 amide bonds. The summed E-state index contributed by atoms with van der Waals surface area (Å²) in [5.74, 6) is -0.289. The summed E-state index contributed by atoms with van der Waals surface area (Å²) in [6, 6.07) is 2.75. The van der Waals surface area contributed by atoms with E-state index in [-0.39, 0.29) is 17.9 Å². The van der Waals surface area contributed by atoms with Gasteiger partial charge in [0.05, 0.1) is 11.9 Å². The summed E-state index contributed by atoms with van der Waals surface area (Å²) < 4.78 is 5.43. The quantitative estimate of drug-likeness (QED) is 0.890. The zero-order chi connectivity index (χ0) is 16.8. The first kappa shape index (κ1) is 15.1. The molecule has 7 heteroatoms. The molecule has 2 aromatic rings. The highest BCUT2D eigenvalue weighted by molar-refractivity contribution is 6.03. The molecule has 0 unspecified atom stereocenters. The average molecular weight is 328 g/mol. The maximum atomic E-state index is 12.5. The lowest BCUT2D eigenvalue weighted by molar-refractivity contribution is -0.116. The maximum Gasteiger partial charge on any atom is 0.270 e. The minimum absolute atomic E-state index is 0.103. The molecule has 126 valence electrons. The number of amides is 2. The van der Waals surface area contributed by atoms with E-state index >= 15 is 0 Å². The molecule has 7 nitrogen and oxygen atoms in total. The van der Waals surface area contributed by atoms with E-state index in [9.17, 15) is 9.59 Å². The van der Waals surface area contributed by atoms with Gasteiger partial charge in [0.2, 0.25) is 5.91 Å². The van der Waals surface area contributed by atoms with Gasteiger partial charge < -0.3 is 20.0 Å². The van der Waals surface area contributed by atoms with Crippen LogP contribution in [0.15, 0.2) is 22.9 Å². The second-order valence-corrected chi connectivity index (χ2v) is 6.63. The lowest BCUT2D eigenvalue weighted by Crippen LogP contribution is -2.43. The van der Waals surface area contributed by atoms with Crippen LogP contribution in [-0.4, -0.2) is 42.0 Å². The van der Waals surface area contributed by atoms with Gasteiger partial charge in [0.1, 0.15) is 12.0 Å². The van der Waals surface area contributed by atoms with Crippen LogP contribution in [0.5, 0.6) is 0 Å². The molecule has 0 aromatic carbocycles. The first-order chi connectivity index (χ1) is 11.5. The smallest absolute Gasteiger partial charge is 0.270 e. The third-order valence-electron chi connectivity index (χ3n) is 5.12. The lowest BCUT2D eigenvalue weighted by Gasteiger charge is -2.21. The molecule has 3 atom stereocenters. The van der Waals surface area contributed by atoms with Gasteiger partial charge in [0.25, 0.3) is 5.91 Å². The van der Waals surface area contributed by atoms with Gasteiger partial charge in [-0.2, -0.15) is 0 Å². The minimum Gasteiger partial charge on any atom is -0.460 e. The summed E-state index contributed by atoms with van der Waals surface area (Å²) in [6.45, 7) is 1.48. The Balaban J connectivity index is 1.58. The summed E-state index contributed by atoms with van der Waals surface area (Å²) in [7, 11) is 1.67. The highest BCUT2D eigenvalue weighted by atomic mass is 16.3. The van der Waals surface area contributed by atoms with Crippen molar-refractivity contribution in [2.75, 3.05) is 11.9 Å². The Kier molecular flexibility index (Phi) is 3.53. The van der Waals surface area contributed by atoms with Crippen molar-refractivity contribution in [3.8, 4) is 0 Å². The number of pyridine rings is 1. The zero-order valence-corrected chi connectivity index (χ0v) is 13.7. The van der Waals surface area contributed by atoms with Gasteiger partial charge >= 0.3 is 0 Å². The number of fused-ring (bicyclic) bond motifs is 3. The summed E-state index contributed by atoms with van der Waals surface area (Å²) >= 11 is 0. The van der Waals surface area contributed by atoms with Gasteiger partial charge in [-0.05, 0) is 25.3 Å². The Morgan fingerprint density at radius 3 is 2.92 bits per heavy atom. The predicted octanol–water partition coefficient (Wildman–Crippen LogP) is 1.43. The van der Waals surface area contributed by atoms with Crippen LogP contribution in [0.1, 0.15) is 36.7 Å². The molecule has 2 aliphatic heterocycles. The van der Waals surface area contributed by atoms with Gasteiger partial charge in [-0.1, -0.05) is 0 Å². The normalized spacial score (nSPS) is 25.2. The molecule has 4 heterocycles. The number of nitrogens with zero attached hydrogens (tertiary/aromatic N) is 2. The van der Waals surface area contributed by atoms with Crippen LogP contribution in [0.4, 0.5) is 5.69 Å². The number of rotatable bonds is 3. The fraction of sp³-hybridized carbons (Fsp3) is 0.471. The number of aromatic nitrogens is 1. The highest BCUT2D eigenvalue weighted by Crippen LogP contribution is 2.30. The number of hydrogen-bond donors (Lipinski definition) is 2. The molecule has 2 saturated heterocycles. The highest BCUT2D eigenvalue weighted by Gasteiger charge is 2.39. The van der Waals surface area contributed by atoms with Crippen LogP contribution >= 0.6 is 0 Å². The summed E-state index contributed by atoms with van der Waals surface area (Å²) in [5, 5.41) is 7.29. The Morgan fingerprint density at radius 2 is 2.25 bits per heavy atom. The molecular weight excluding hydrogens is 308 g/mol. The van der Waals surface area contributed by atoms with E-state index < -0.39 is 0 Å². The number of nitrogens with one attached hydrogen (secondary N) is 2. The first-order valence-corrected chi connectivity index (χ1v) is 8.21. The van der Waals surface area contributed by atoms with Crippen molar-refractivity contribution in [3.63, 3.8) is 0 Å². The fourth-order valence-electron chi connectivity index (χ4n) is 3.70. The van der Waals surface area contributed by atoms with E-state index in [1.54, 1.807) is 13.1 Å². The molecule has 2 aliphatic rings. The summed E-state index contributed by atoms with van der Waals surface area (Å²) in [5.41, 5.74) is 1.52. The second-order valence-electron chi connectivity index (χ2n) is 6.63. The maximum absolute atomic E-state index is 12.5. The largest absolute Gasteiger partial charge is 0.460 e. The third kappa shape index (κ3) is 2.45. The van der Waals surface area contributed by atoms with Crippen molar-refractivity contribution in [1.82, 2.24) is 15.6 Å². The van der Waals surface area contributed by atoms with Crippen LogP contribution in [0.25, 0.3) is 11.0 Å². The van der Waals surface area contributed by atoms with Crippen molar-refractivity contribution in [3.05, 3.63) is 24.2 Å². The van der Waals surface area contributed by atoms with E-state index in [0.717, 1.165) is 12.8 Å².